The lowest BCUT2D eigenvalue weighted by molar-refractivity contribution is 0.394. The van der Waals surface area contributed by atoms with Gasteiger partial charge in [0.25, 0.3) is 0 Å². The van der Waals surface area contributed by atoms with Gasteiger partial charge in [-0.3, -0.25) is 0 Å². The Morgan fingerprint density at radius 3 is 2.81 bits per heavy atom. The van der Waals surface area contributed by atoms with Crippen LogP contribution in [0.5, 0.6) is 0 Å². The Morgan fingerprint density at radius 2 is 2.19 bits per heavy atom. The molecule has 1 aromatic rings. The molecule has 1 aliphatic carbocycles. The second-order valence-electron chi connectivity index (χ2n) is 4.65. The highest BCUT2D eigenvalue weighted by molar-refractivity contribution is 9.10. The summed E-state index contributed by atoms with van der Waals surface area (Å²) in [5, 5.41) is 6.94. The molecular weight excluding hydrogens is 268 g/mol. The Hall–Kier alpha value is -0.680. The predicted molar refractivity (Wildman–Crippen MR) is 66.3 cm³/mol. The van der Waals surface area contributed by atoms with Gasteiger partial charge in [0, 0.05) is 31.0 Å². The summed E-state index contributed by atoms with van der Waals surface area (Å²) in [6.07, 6.45) is 7.63. The van der Waals surface area contributed by atoms with Gasteiger partial charge in [-0.1, -0.05) is 0 Å². The van der Waals surface area contributed by atoms with Crippen molar-refractivity contribution in [1.82, 2.24) is 15.3 Å². The second kappa shape index (κ2) is 4.30. The summed E-state index contributed by atoms with van der Waals surface area (Å²) in [4.78, 5) is 8.41. The number of rotatable bonds is 3. The van der Waals surface area contributed by atoms with E-state index in [0.29, 0.717) is 12.0 Å². The van der Waals surface area contributed by atoms with Gasteiger partial charge in [-0.05, 0) is 41.1 Å². The van der Waals surface area contributed by atoms with E-state index in [0.717, 1.165) is 23.0 Å². The van der Waals surface area contributed by atoms with Crippen LogP contribution in [0.15, 0.2) is 16.9 Å². The third-order valence-corrected chi connectivity index (χ3v) is 4.00. The fourth-order valence-electron chi connectivity index (χ4n) is 2.80. The first kappa shape index (κ1) is 10.5. The number of halogens is 1. The quantitative estimate of drug-likeness (QED) is 0.888. The smallest absolute Gasteiger partial charge is 0.222 e. The Kier molecular flexibility index (Phi) is 2.81. The van der Waals surface area contributed by atoms with E-state index < -0.39 is 0 Å². The molecule has 86 valence electrons. The molecule has 2 fully saturated rings. The van der Waals surface area contributed by atoms with Crippen molar-refractivity contribution in [3.63, 3.8) is 0 Å². The van der Waals surface area contributed by atoms with E-state index in [-0.39, 0.29) is 0 Å². The number of hydrogen-bond acceptors (Lipinski definition) is 4. The normalized spacial score (nSPS) is 31.9. The molecule has 2 bridgehead atoms. The van der Waals surface area contributed by atoms with Crippen molar-refractivity contribution in [2.45, 2.75) is 31.3 Å². The zero-order chi connectivity index (χ0) is 11.0. The van der Waals surface area contributed by atoms with E-state index in [9.17, 15) is 0 Å². The van der Waals surface area contributed by atoms with Gasteiger partial charge in [0.05, 0.1) is 4.47 Å². The van der Waals surface area contributed by atoms with Gasteiger partial charge in [-0.25, -0.2) is 9.97 Å². The number of nitrogens with one attached hydrogen (secondary N) is 2. The number of hydrogen-bond donors (Lipinski definition) is 2. The third kappa shape index (κ3) is 2.06. The SMILES string of the molecule is Brc1cnc(NCC2NC3CCC2C3)nc1. The minimum Gasteiger partial charge on any atom is -0.353 e. The lowest BCUT2D eigenvalue weighted by atomic mass is 10.0. The molecule has 4 nitrogen and oxygen atoms in total. The van der Waals surface area contributed by atoms with Gasteiger partial charge in [-0.15, -0.1) is 0 Å². The highest BCUT2D eigenvalue weighted by Gasteiger charge is 2.38. The summed E-state index contributed by atoms with van der Waals surface area (Å²) in [5.74, 6) is 1.57. The Balaban J connectivity index is 1.55. The first-order valence-electron chi connectivity index (χ1n) is 5.79. The van der Waals surface area contributed by atoms with Crippen molar-refractivity contribution in [3.8, 4) is 0 Å². The molecule has 3 unspecified atom stereocenters. The lowest BCUT2D eigenvalue weighted by Gasteiger charge is -2.23. The molecule has 1 aromatic heterocycles. The number of piperidine rings is 1. The van der Waals surface area contributed by atoms with Crippen molar-refractivity contribution in [2.24, 2.45) is 5.92 Å². The molecule has 3 atom stereocenters. The Morgan fingerprint density at radius 1 is 1.38 bits per heavy atom. The van der Waals surface area contributed by atoms with E-state index in [4.69, 9.17) is 0 Å². The van der Waals surface area contributed by atoms with Crippen LogP contribution in [0.1, 0.15) is 19.3 Å². The van der Waals surface area contributed by atoms with E-state index in [2.05, 4.69) is 36.5 Å². The average molecular weight is 283 g/mol. The van der Waals surface area contributed by atoms with Crippen molar-refractivity contribution >= 4 is 21.9 Å². The fourth-order valence-corrected chi connectivity index (χ4v) is 3.01. The van der Waals surface area contributed by atoms with Crippen LogP contribution in [0.4, 0.5) is 5.95 Å². The summed E-state index contributed by atoms with van der Waals surface area (Å²) in [6, 6.07) is 1.37. The topological polar surface area (TPSA) is 49.8 Å². The van der Waals surface area contributed by atoms with Gasteiger partial charge >= 0.3 is 0 Å². The minimum atomic E-state index is 0.603. The van der Waals surface area contributed by atoms with E-state index in [1.54, 1.807) is 12.4 Å². The van der Waals surface area contributed by atoms with Gasteiger partial charge in [-0.2, -0.15) is 0 Å². The zero-order valence-electron chi connectivity index (χ0n) is 8.99. The van der Waals surface area contributed by atoms with Crippen LogP contribution < -0.4 is 10.6 Å². The predicted octanol–water partition coefficient (Wildman–Crippen LogP) is 1.79. The molecule has 2 N–H and O–H groups in total. The molecule has 1 saturated carbocycles. The van der Waals surface area contributed by atoms with Gasteiger partial charge in [0.1, 0.15) is 0 Å². The van der Waals surface area contributed by atoms with Crippen molar-refractivity contribution in [2.75, 3.05) is 11.9 Å². The second-order valence-corrected chi connectivity index (χ2v) is 5.56. The molecule has 0 spiro atoms. The summed E-state index contributed by atoms with van der Waals surface area (Å²) >= 11 is 3.32. The summed E-state index contributed by atoms with van der Waals surface area (Å²) < 4.78 is 0.913. The van der Waals surface area contributed by atoms with Crippen LogP contribution in [0.3, 0.4) is 0 Å². The molecular formula is C11H15BrN4. The highest BCUT2D eigenvalue weighted by Crippen LogP contribution is 2.35. The minimum absolute atomic E-state index is 0.603. The van der Waals surface area contributed by atoms with Crippen LogP contribution in [0.2, 0.25) is 0 Å². The van der Waals surface area contributed by atoms with Crippen molar-refractivity contribution < 1.29 is 0 Å². The largest absolute Gasteiger partial charge is 0.353 e. The van der Waals surface area contributed by atoms with E-state index in [1.165, 1.54) is 19.3 Å². The molecule has 2 heterocycles. The molecule has 0 radical (unpaired) electrons. The maximum Gasteiger partial charge on any atom is 0.222 e. The first-order chi connectivity index (χ1) is 7.81. The maximum absolute atomic E-state index is 4.20. The van der Waals surface area contributed by atoms with Crippen molar-refractivity contribution in [1.29, 1.82) is 0 Å². The van der Waals surface area contributed by atoms with Crippen molar-refractivity contribution in [3.05, 3.63) is 16.9 Å². The molecule has 5 heteroatoms. The first-order valence-corrected chi connectivity index (χ1v) is 6.58. The van der Waals surface area contributed by atoms with Crippen LogP contribution in [-0.4, -0.2) is 28.6 Å². The maximum atomic E-state index is 4.20. The molecule has 1 aliphatic heterocycles. The molecule has 0 aromatic carbocycles. The standard InChI is InChI=1S/C11H15BrN4/c12-8-4-13-11(14-5-8)15-6-10-7-1-2-9(3-7)16-10/h4-5,7,9-10,16H,1-3,6H2,(H,13,14,15). The average Bonchev–Trinajstić information content (AvgIpc) is 2.90. The fraction of sp³-hybridized carbons (Fsp3) is 0.636. The van der Waals surface area contributed by atoms with E-state index >= 15 is 0 Å². The zero-order valence-corrected chi connectivity index (χ0v) is 10.6. The number of nitrogens with zero attached hydrogens (tertiary/aromatic N) is 2. The molecule has 16 heavy (non-hydrogen) atoms. The highest BCUT2D eigenvalue weighted by atomic mass is 79.9. The van der Waals surface area contributed by atoms with Crippen LogP contribution in [0, 0.1) is 5.92 Å². The van der Waals surface area contributed by atoms with E-state index in [1.807, 2.05) is 0 Å². The van der Waals surface area contributed by atoms with Gasteiger partial charge < -0.3 is 10.6 Å². The molecule has 2 aliphatic rings. The summed E-state index contributed by atoms with van der Waals surface area (Å²) in [5.41, 5.74) is 0. The third-order valence-electron chi connectivity index (χ3n) is 3.59. The number of fused-ring (bicyclic) bond motifs is 2. The lowest BCUT2D eigenvalue weighted by Crippen LogP contribution is -2.40. The number of anilines is 1. The number of aromatic nitrogens is 2. The van der Waals surface area contributed by atoms with Crippen LogP contribution in [0.25, 0.3) is 0 Å². The summed E-state index contributed by atoms with van der Waals surface area (Å²) in [7, 11) is 0. The van der Waals surface area contributed by atoms with Gasteiger partial charge in [0.15, 0.2) is 0 Å². The van der Waals surface area contributed by atoms with Gasteiger partial charge in [0.2, 0.25) is 5.95 Å². The summed E-state index contributed by atoms with van der Waals surface area (Å²) in [6.45, 7) is 0.933. The van der Waals surface area contributed by atoms with Crippen LogP contribution >= 0.6 is 15.9 Å². The molecule has 0 amide bonds. The molecule has 3 rings (SSSR count). The Labute approximate surface area is 103 Å². The van der Waals surface area contributed by atoms with Crippen LogP contribution in [-0.2, 0) is 0 Å². The monoisotopic (exact) mass is 282 g/mol. The molecule has 1 saturated heterocycles. The Bertz CT molecular complexity index is 367.